The summed E-state index contributed by atoms with van der Waals surface area (Å²) in [6.07, 6.45) is 5.38. The summed E-state index contributed by atoms with van der Waals surface area (Å²) in [7, 11) is 2.20. The number of pyridine rings is 1. The topological polar surface area (TPSA) is 28.2 Å². The van der Waals surface area contributed by atoms with E-state index in [4.69, 9.17) is 0 Å². The maximum Gasteiger partial charge on any atom is 0.130 e. The summed E-state index contributed by atoms with van der Waals surface area (Å²) in [5, 5.41) is 3.41. The molecule has 18 heavy (non-hydrogen) atoms. The van der Waals surface area contributed by atoms with E-state index < -0.39 is 0 Å². The van der Waals surface area contributed by atoms with E-state index in [1.54, 1.807) is 0 Å². The van der Waals surface area contributed by atoms with Crippen molar-refractivity contribution < 1.29 is 0 Å². The van der Waals surface area contributed by atoms with Crippen molar-refractivity contribution in [1.29, 1.82) is 0 Å². The zero-order chi connectivity index (χ0) is 13.4. The number of nitrogens with one attached hydrogen (secondary N) is 1. The van der Waals surface area contributed by atoms with Crippen LogP contribution in [0.25, 0.3) is 0 Å². The Morgan fingerprint density at radius 3 is 2.61 bits per heavy atom. The first-order valence-electron chi connectivity index (χ1n) is 7.10. The highest BCUT2D eigenvalue weighted by Gasteiger charge is 2.12. The van der Waals surface area contributed by atoms with Gasteiger partial charge in [0.15, 0.2) is 0 Å². The molecule has 0 bridgehead atoms. The van der Waals surface area contributed by atoms with Crippen molar-refractivity contribution in [2.45, 2.75) is 52.6 Å². The van der Waals surface area contributed by atoms with Gasteiger partial charge >= 0.3 is 0 Å². The third-order valence-corrected chi connectivity index (χ3v) is 3.42. The lowest BCUT2D eigenvalue weighted by Gasteiger charge is -2.26. The Labute approximate surface area is 112 Å². The average molecular weight is 249 g/mol. The van der Waals surface area contributed by atoms with Gasteiger partial charge in [-0.2, -0.15) is 0 Å². The number of anilines is 1. The molecule has 1 aromatic heterocycles. The Morgan fingerprint density at radius 1 is 1.28 bits per heavy atom. The first kappa shape index (κ1) is 15.0. The fraction of sp³-hybridized carbons (Fsp3) is 0.667. The Morgan fingerprint density at radius 2 is 2.00 bits per heavy atom. The van der Waals surface area contributed by atoms with Gasteiger partial charge in [-0.15, -0.1) is 0 Å². The van der Waals surface area contributed by atoms with Crippen LogP contribution < -0.4 is 5.32 Å². The van der Waals surface area contributed by atoms with E-state index in [2.05, 4.69) is 49.1 Å². The monoisotopic (exact) mass is 249 g/mol. The largest absolute Gasteiger partial charge is 0.370 e. The van der Waals surface area contributed by atoms with Gasteiger partial charge in [-0.1, -0.05) is 26.8 Å². The van der Waals surface area contributed by atoms with Crippen LogP contribution in [-0.4, -0.2) is 29.5 Å². The highest BCUT2D eigenvalue weighted by atomic mass is 15.1. The van der Waals surface area contributed by atoms with Crippen LogP contribution in [0.1, 0.15) is 45.6 Å². The fourth-order valence-corrected chi connectivity index (χ4v) is 2.28. The van der Waals surface area contributed by atoms with Gasteiger partial charge in [-0.3, -0.25) is 4.90 Å². The van der Waals surface area contributed by atoms with Gasteiger partial charge in [0.25, 0.3) is 0 Å². The predicted octanol–water partition coefficient (Wildman–Crippen LogP) is 3.52. The summed E-state index contributed by atoms with van der Waals surface area (Å²) in [5.74, 6) is 1.04. The molecule has 1 heterocycles. The molecule has 1 N–H and O–H groups in total. The number of hydrogen-bond donors (Lipinski definition) is 1. The highest BCUT2D eigenvalue weighted by Crippen LogP contribution is 2.16. The van der Waals surface area contributed by atoms with Gasteiger partial charge < -0.3 is 5.32 Å². The molecule has 1 rings (SSSR count). The average Bonchev–Trinajstić information content (AvgIpc) is 2.39. The van der Waals surface area contributed by atoms with Crippen LogP contribution in [0, 0.1) is 0 Å². The molecular weight excluding hydrogens is 222 g/mol. The Hall–Kier alpha value is -1.09. The molecule has 0 atom stereocenters. The second kappa shape index (κ2) is 8.09. The Balaban J connectivity index is 2.70. The number of rotatable bonds is 8. The van der Waals surface area contributed by atoms with Crippen LogP contribution in [0.15, 0.2) is 18.3 Å². The first-order chi connectivity index (χ1) is 8.72. The fourth-order valence-electron chi connectivity index (χ4n) is 2.28. The molecule has 1 aromatic rings. The maximum atomic E-state index is 4.44. The Bertz CT molecular complexity index is 334. The first-order valence-corrected chi connectivity index (χ1v) is 7.10. The van der Waals surface area contributed by atoms with Gasteiger partial charge in [0.1, 0.15) is 5.82 Å². The van der Waals surface area contributed by atoms with Gasteiger partial charge in [0.2, 0.25) is 0 Å². The van der Waals surface area contributed by atoms with Gasteiger partial charge in [0.05, 0.1) is 0 Å². The molecule has 3 heteroatoms. The van der Waals surface area contributed by atoms with Crippen LogP contribution in [0.2, 0.25) is 0 Å². The molecular formula is C15H27N3. The molecule has 102 valence electrons. The molecule has 0 amide bonds. The van der Waals surface area contributed by atoms with Crippen molar-refractivity contribution >= 4 is 5.82 Å². The van der Waals surface area contributed by atoms with E-state index in [0.717, 1.165) is 25.3 Å². The number of hydrogen-bond acceptors (Lipinski definition) is 3. The number of aromatic nitrogens is 1. The lowest BCUT2D eigenvalue weighted by Crippen LogP contribution is -2.30. The van der Waals surface area contributed by atoms with Crippen molar-refractivity contribution in [3.63, 3.8) is 0 Å². The standard InChI is InChI=1S/C15H27N3/c1-5-10-16-15-13(9-8-11-17-15)12-18(4)14(6-2)7-3/h8-9,11,14H,5-7,10,12H2,1-4H3,(H,16,17). The van der Waals surface area contributed by atoms with Gasteiger partial charge in [-0.05, 0) is 32.4 Å². The second-order valence-electron chi connectivity index (χ2n) is 4.82. The van der Waals surface area contributed by atoms with Crippen molar-refractivity contribution in [3.8, 4) is 0 Å². The van der Waals surface area contributed by atoms with Gasteiger partial charge in [0, 0.05) is 30.9 Å². The maximum absolute atomic E-state index is 4.44. The molecule has 0 spiro atoms. The molecule has 0 aliphatic heterocycles. The minimum Gasteiger partial charge on any atom is -0.370 e. The smallest absolute Gasteiger partial charge is 0.130 e. The van der Waals surface area contributed by atoms with E-state index in [0.29, 0.717) is 6.04 Å². The number of nitrogens with zero attached hydrogens (tertiary/aromatic N) is 2. The second-order valence-corrected chi connectivity index (χ2v) is 4.82. The molecule has 0 saturated heterocycles. The predicted molar refractivity (Wildman–Crippen MR) is 78.9 cm³/mol. The zero-order valence-corrected chi connectivity index (χ0v) is 12.2. The van der Waals surface area contributed by atoms with Crippen molar-refractivity contribution in [2.24, 2.45) is 0 Å². The Kier molecular flexibility index (Phi) is 6.73. The van der Waals surface area contributed by atoms with Crippen LogP contribution in [0.5, 0.6) is 0 Å². The molecule has 3 nitrogen and oxygen atoms in total. The zero-order valence-electron chi connectivity index (χ0n) is 12.2. The normalized spacial score (nSPS) is 11.2. The molecule has 0 aromatic carbocycles. The summed E-state index contributed by atoms with van der Waals surface area (Å²) in [4.78, 5) is 6.87. The minimum absolute atomic E-state index is 0.657. The SMILES string of the molecule is CCCNc1ncccc1CN(C)C(CC)CC. The van der Waals surface area contributed by atoms with E-state index in [-0.39, 0.29) is 0 Å². The van der Waals surface area contributed by atoms with E-state index in [1.165, 1.54) is 18.4 Å². The summed E-state index contributed by atoms with van der Waals surface area (Å²) < 4.78 is 0. The summed E-state index contributed by atoms with van der Waals surface area (Å²) in [6.45, 7) is 8.63. The van der Waals surface area contributed by atoms with E-state index in [9.17, 15) is 0 Å². The van der Waals surface area contributed by atoms with Crippen LogP contribution in [0.3, 0.4) is 0 Å². The van der Waals surface area contributed by atoms with Crippen molar-refractivity contribution in [2.75, 3.05) is 18.9 Å². The molecule has 0 radical (unpaired) electrons. The minimum atomic E-state index is 0.657. The highest BCUT2D eigenvalue weighted by molar-refractivity contribution is 5.43. The van der Waals surface area contributed by atoms with Crippen LogP contribution in [-0.2, 0) is 6.54 Å². The molecule has 0 fully saturated rings. The lowest BCUT2D eigenvalue weighted by atomic mass is 10.1. The molecule has 0 aliphatic carbocycles. The molecule has 0 unspecified atom stereocenters. The quantitative estimate of drug-likeness (QED) is 0.764. The van der Waals surface area contributed by atoms with E-state index in [1.807, 2.05) is 12.3 Å². The van der Waals surface area contributed by atoms with Gasteiger partial charge in [-0.25, -0.2) is 4.98 Å². The summed E-state index contributed by atoms with van der Waals surface area (Å²) in [6, 6.07) is 4.85. The molecule has 0 saturated carbocycles. The van der Waals surface area contributed by atoms with Crippen molar-refractivity contribution in [1.82, 2.24) is 9.88 Å². The molecule has 0 aliphatic rings. The van der Waals surface area contributed by atoms with Crippen LogP contribution in [0.4, 0.5) is 5.82 Å². The third kappa shape index (κ3) is 4.30. The van der Waals surface area contributed by atoms with Crippen molar-refractivity contribution in [3.05, 3.63) is 23.9 Å². The summed E-state index contributed by atoms with van der Waals surface area (Å²) in [5.41, 5.74) is 1.29. The third-order valence-electron chi connectivity index (χ3n) is 3.42. The van der Waals surface area contributed by atoms with E-state index >= 15 is 0 Å². The lowest BCUT2D eigenvalue weighted by molar-refractivity contribution is 0.222. The summed E-state index contributed by atoms with van der Waals surface area (Å²) >= 11 is 0. The van der Waals surface area contributed by atoms with Crippen LogP contribution >= 0.6 is 0 Å².